The maximum Gasteiger partial charge on any atom is 0.293 e. The fourth-order valence-corrected chi connectivity index (χ4v) is 4.19. The molecule has 0 aromatic heterocycles. The van der Waals surface area contributed by atoms with E-state index >= 15 is 0 Å². The van der Waals surface area contributed by atoms with E-state index in [4.69, 9.17) is 4.74 Å². The van der Waals surface area contributed by atoms with Crippen LogP contribution in [0.25, 0.3) is 6.08 Å². The molecule has 2 fully saturated rings. The Balaban J connectivity index is 1.61. The van der Waals surface area contributed by atoms with Crippen LogP contribution >= 0.6 is 0 Å². The van der Waals surface area contributed by atoms with E-state index in [0.717, 1.165) is 31.9 Å². The summed E-state index contributed by atoms with van der Waals surface area (Å²) in [5, 5.41) is 0. The first-order valence-electron chi connectivity index (χ1n) is 11.2. The van der Waals surface area contributed by atoms with Crippen LogP contribution in [0.5, 0.6) is 0 Å². The molecule has 5 nitrogen and oxygen atoms in total. The lowest BCUT2D eigenvalue weighted by molar-refractivity contribution is -0.120. The Hall–Kier alpha value is -2.86. The zero-order valence-electron chi connectivity index (χ0n) is 19.4. The summed E-state index contributed by atoms with van der Waals surface area (Å²) in [6.45, 7) is 10.6. The zero-order valence-corrected chi connectivity index (χ0v) is 19.4. The van der Waals surface area contributed by atoms with Gasteiger partial charge in [-0.1, -0.05) is 45.0 Å². The topological polar surface area (TPSA) is 36.0 Å². The Bertz CT molecular complexity index is 1000. The summed E-state index contributed by atoms with van der Waals surface area (Å²) in [4.78, 5) is 19.3. The molecular formula is C26H32FN3O2. The minimum absolute atomic E-state index is 0.0512. The number of amides is 1. The molecule has 4 rings (SSSR count). The van der Waals surface area contributed by atoms with E-state index in [1.54, 1.807) is 17.0 Å². The van der Waals surface area contributed by atoms with Gasteiger partial charge in [0.25, 0.3) is 5.91 Å². The van der Waals surface area contributed by atoms with Gasteiger partial charge in [0.1, 0.15) is 12.4 Å². The molecule has 2 saturated heterocycles. The van der Waals surface area contributed by atoms with Crippen molar-refractivity contribution >= 4 is 23.4 Å². The number of rotatable bonds is 3. The molecular weight excluding hydrogens is 405 g/mol. The van der Waals surface area contributed by atoms with Crippen molar-refractivity contribution in [2.45, 2.75) is 26.2 Å². The number of hydrogen-bond acceptors (Lipinski definition) is 4. The molecule has 0 aliphatic carbocycles. The highest BCUT2D eigenvalue weighted by molar-refractivity contribution is 6.07. The first-order chi connectivity index (χ1) is 15.2. The highest BCUT2D eigenvalue weighted by Gasteiger charge is 2.28. The minimum atomic E-state index is -0.276. The number of likely N-dealkylation sites (N-methyl/N-ethyl adjacent to an activating group) is 1. The smallest absolute Gasteiger partial charge is 0.293 e. The highest BCUT2D eigenvalue weighted by Crippen LogP contribution is 2.30. The van der Waals surface area contributed by atoms with Crippen LogP contribution in [0.15, 0.2) is 48.2 Å². The van der Waals surface area contributed by atoms with E-state index in [2.05, 4.69) is 49.8 Å². The number of hydrogen-bond donors (Lipinski definition) is 0. The van der Waals surface area contributed by atoms with Crippen LogP contribution in [-0.4, -0.2) is 57.2 Å². The first kappa shape index (κ1) is 22.3. The van der Waals surface area contributed by atoms with Crippen molar-refractivity contribution in [1.82, 2.24) is 4.90 Å². The van der Waals surface area contributed by atoms with Gasteiger partial charge in [-0.2, -0.15) is 0 Å². The van der Waals surface area contributed by atoms with Gasteiger partial charge in [-0.15, -0.1) is 0 Å². The highest BCUT2D eigenvalue weighted by atomic mass is 19.1. The van der Waals surface area contributed by atoms with Crippen LogP contribution in [0, 0.1) is 5.82 Å². The number of carbonyl (C=O) groups is 1. The van der Waals surface area contributed by atoms with Crippen LogP contribution in [-0.2, 0) is 14.9 Å². The van der Waals surface area contributed by atoms with E-state index in [1.807, 2.05) is 18.2 Å². The number of anilines is 2. The predicted molar refractivity (Wildman–Crippen MR) is 128 cm³/mol. The van der Waals surface area contributed by atoms with Gasteiger partial charge < -0.3 is 19.4 Å². The lowest BCUT2D eigenvalue weighted by Crippen LogP contribution is -2.45. The average Bonchev–Trinajstić information content (AvgIpc) is 2.76. The molecule has 2 aliphatic rings. The van der Waals surface area contributed by atoms with Gasteiger partial charge in [0.05, 0.1) is 12.2 Å². The quantitative estimate of drug-likeness (QED) is 0.672. The molecule has 0 spiro atoms. The van der Waals surface area contributed by atoms with Crippen molar-refractivity contribution in [3.8, 4) is 0 Å². The molecule has 2 aliphatic heterocycles. The number of morpholine rings is 1. The second-order valence-electron chi connectivity index (χ2n) is 9.58. The van der Waals surface area contributed by atoms with Crippen molar-refractivity contribution < 1.29 is 13.9 Å². The second-order valence-corrected chi connectivity index (χ2v) is 9.58. The molecule has 2 aromatic carbocycles. The Morgan fingerprint density at radius 3 is 2.31 bits per heavy atom. The van der Waals surface area contributed by atoms with Gasteiger partial charge in [-0.05, 0) is 42.3 Å². The third kappa shape index (κ3) is 4.65. The Labute approximate surface area is 190 Å². The van der Waals surface area contributed by atoms with Crippen molar-refractivity contribution in [3.05, 3.63) is 65.2 Å². The molecule has 0 atom stereocenters. The second kappa shape index (κ2) is 8.94. The van der Waals surface area contributed by atoms with Crippen LogP contribution in [0.3, 0.4) is 0 Å². The molecule has 2 heterocycles. The van der Waals surface area contributed by atoms with Crippen LogP contribution in [0.1, 0.15) is 31.9 Å². The van der Waals surface area contributed by atoms with Gasteiger partial charge in [0.2, 0.25) is 0 Å². The molecule has 0 radical (unpaired) electrons. The summed E-state index contributed by atoms with van der Waals surface area (Å²) >= 11 is 0. The number of benzene rings is 2. The third-order valence-corrected chi connectivity index (χ3v) is 6.20. The summed E-state index contributed by atoms with van der Waals surface area (Å²) in [6, 6.07) is 13.1. The first-order valence-corrected chi connectivity index (χ1v) is 11.2. The Morgan fingerprint density at radius 2 is 1.66 bits per heavy atom. The van der Waals surface area contributed by atoms with Gasteiger partial charge in [-0.25, -0.2) is 4.39 Å². The normalized spacial score (nSPS) is 19.4. The fraction of sp³-hybridized carbons (Fsp3) is 0.423. The van der Waals surface area contributed by atoms with E-state index in [1.165, 1.54) is 11.6 Å². The van der Waals surface area contributed by atoms with E-state index < -0.39 is 0 Å². The molecule has 0 N–H and O–H groups in total. The van der Waals surface area contributed by atoms with Crippen LogP contribution < -0.4 is 9.80 Å². The molecule has 0 unspecified atom stereocenters. The lowest BCUT2D eigenvalue weighted by atomic mass is 9.87. The number of carbonyl (C=O) groups excluding carboxylic acids is 1. The molecule has 0 bridgehead atoms. The maximum absolute atomic E-state index is 14.8. The standard InChI is InChI=1S/C26H32FN3O2/c1-26(2,3)20-8-10-21(11-9-20)30-16-17-32-23(25(30)31)18-19-6-5-7-22(27)24(19)29-14-12-28(4)13-15-29/h5-11,18H,12-17H2,1-4H3/b23-18-. The number of nitrogens with zero attached hydrogens (tertiary/aromatic N) is 3. The molecule has 32 heavy (non-hydrogen) atoms. The molecule has 170 valence electrons. The Kier molecular flexibility index (Phi) is 6.24. The number of piperazine rings is 1. The molecule has 0 saturated carbocycles. The third-order valence-electron chi connectivity index (χ3n) is 6.20. The lowest BCUT2D eigenvalue weighted by Gasteiger charge is -2.35. The number of para-hydroxylation sites is 1. The van der Waals surface area contributed by atoms with E-state index in [-0.39, 0.29) is 22.9 Å². The molecule has 2 aromatic rings. The number of ether oxygens (including phenoxy) is 1. The summed E-state index contributed by atoms with van der Waals surface area (Å²) in [5.74, 6) is -0.229. The summed E-state index contributed by atoms with van der Waals surface area (Å²) in [7, 11) is 2.07. The summed E-state index contributed by atoms with van der Waals surface area (Å²) < 4.78 is 20.6. The largest absolute Gasteiger partial charge is 0.486 e. The Morgan fingerprint density at radius 1 is 0.969 bits per heavy atom. The van der Waals surface area contributed by atoms with Crippen molar-refractivity contribution in [3.63, 3.8) is 0 Å². The monoisotopic (exact) mass is 437 g/mol. The van der Waals surface area contributed by atoms with Gasteiger partial charge in [-0.3, -0.25) is 4.79 Å². The van der Waals surface area contributed by atoms with Gasteiger partial charge in [0, 0.05) is 37.4 Å². The van der Waals surface area contributed by atoms with Gasteiger partial charge >= 0.3 is 0 Å². The van der Waals surface area contributed by atoms with Crippen molar-refractivity contribution in [1.29, 1.82) is 0 Å². The van der Waals surface area contributed by atoms with E-state index in [9.17, 15) is 9.18 Å². The maximum atomic E-state index is 14.8. The summed E-state index contributed by atoms with van der Waals surface area (Å²) in [6.07, 6.45) is 1.69. The fourth-order valence-electron chi connectivity index (χ4n) is 4.19. The van der Waals surface area contributed by atoms with Crippen LogP contribution in [0.4, 0.5) is 15.8 Å². The molecule has 6 heteroatoms. The zero-order chi connectivity index (χ0) is 22.9. The average molecular weight is 438 g/mol. The van der Waals surface area contributed by atoms with Gasteiger partial charge in [0.15, 0.2) is 5.76 Å². The minimum Gasteiger partial charge on any atom is -0.486 e. The van der Waals surface area contributed by atoms with Crippen molar-refractivity contribution in [2.75, 3.05) is 56.2 Å². The van der Waals surface area contributed by atoms with Crippen molar-refractivity contribution in [2.24, 2.45) is 0 Å². The van der Waals surface area contributed by atoms with E-state index in [0.29, 0.717) is 24.4 Å². The van der Waals surface area contributed by atoms with Crippen LogP contribution in [0.2, 0.25) is 0 Å². The predicted octanol–water partition coefficient (Wildman–Crippen LogP) is 4.28. The molecule has 1 amide bonds. The SMILES string of the molecule is CN1CCN(c2c(F)cccc2/C=C2\OCCN(c3ccc(C(C)(C)C)cc3)C2=O)CC1. The number of halogens is 1. The summed E-state index contributed by atoms with van der Waals surface area (Å²) in [5.41, 5.74) is 3.32.